The molecule has 0 saturated heterocycles. The maximum atomic E-state index is 13.2. The molecule has 0 fully saturated rings. The number of hydrazine groups is 1. The molecule has 0 saturated carbocycles. The molecule has 0 aromatic heterocycles. The van der Waals surface area contributed by atoms with Gasteiger partial charge in [0.2, 0.25) is 0 Å². The molecule has 2 aromatic carbocycles. The summed E-state index contributed by atoms with van der Waals surface area (Å²) in [5, 5.41) is 0. The van der Waals surface area contributed by atoms with Gasteiger partial charge in [0, 0.05) is 17.0 Å². The van der Waals surface area contributed by atoms with E-state index in [1.165, 1.54) is 17.0 Å². The first-order valence-corrected chi connectivity index (χ1v) is 7.74. The smallest absolute Gasteiger partial charge is 0.126 e. The van der Waals surface area contributed by atoms with E-state index in [0.717, 1.165) is 17.4 Å². The third-order valence-electron chi connectivity index (χ3n) is 3.16. The number of benzene rings is 2. The zero-order chi connectivity index (χ0) is 15.2. The van der Waals surface area contributed by atoms with E-state index < -0.39 is 11.6 Å². The minimum Gasteiger partial charge on any atom is -0.271 e. The van der Waals surface area contributed by atoms with Crippen molar-refractivity contribution in [2.24, 2.45) is 5.84 Å². The first kappa shape index (κ1) is 15.9. The average Bonchev–Trinajstić information content (AvgIpc) is 2.45. The molecule has 0 aliphatic carbocycles. The minimum absolute atomic E-state index is 0.188. The Morgan fingerprint density at radius 1 is 1.10 bits per heavy atom. The monoisotopic (exact) mass is 308 g/mol. The predicted octanol–water partition coefficient (Wildman–Crippen LogP) is 3.82. The summed E-state index contributed by atoms with van der Waals surface area (Å²) in [6.07, 6.45) is 0.422. The lowest BCUT2D eigenvalue weighted by Gasteiger charge is -2.17. The number of hydrogen-bond donors (Lipinski definition) is 2. The topological polar surface area (TPSA) is 38.0 Å². The van der Waals surface area contributed by atoms with Crippen LogP contribution in [0.4, 0.5) is 8.78 Å². The molecule has 0 aliphatic rings. The van der Waals surface area contributed by atoms with Crippen LogP contribution in [-0.2, 0) is 6.42 Å². The highest BCUT2D eigenvalue weighted by atomic mass is 32.2. The Hall–Kier alpha value is -1.43. The van der Waals surface area contributed by atoms with Crippen LogP contribution in [0.2, 0.25) is 0 Å². The zero-order valence-electron chi connectivity index (χ0n) is 11.8. The highest BCUT2D eigenvalue weighted by Crippen LogP contribution is 2.23. The Balaban J connectivity index is 2.15. The van der Waals surface area contributed by atoms with E-state index in [0.29, 0.717) is 12.0 Å². The second-order valence-corrected chi connectivity index (χ2v) is 6.04. The van der Waals surface area contributed by atoms with Gasteiger partial charge in [-0.1, -0.05) is 19.1 Å². The number of hydrogen-bond acceptors (Lipinski definition) is 3. The van der Waals surface area contributed by atoms with Gasteiger partial charge in [-0.05, 0) is 47.6 Å². The van der Waals surface area contributed by atoms with Crippen LogP contribution in [0.1, 0.15) is 24.1 Å². The molecule has 2 rings (SSSR count). The molecule has 0 radical (unpaired) electrons. The van der Waals surface area contributed by atoms with Crippen LogP contribution in [0.3, 0.4) is 0 Å². The molecule has 0 amide bonds. The average molecular weight is 308 g/mol. The lowest BCUT2D eigenvalue weighted by atomic mass is 9.99. The number of thioether (sulfide) groups is 1. The van der Waals surface area contributed by atoms with Crippen LogP contribution < -0.4 is 11.3 Å². The molecule has 0 bridgehead atoms. The fraction of sp³-hybridized carbons (Fsp3) is 0.250. The van der Waals surface area contributed by atoms with Gasteiger partial charge >= 0.3 is 0 Å². The molecule has 2 aromatic rings. The molecule has 21 heavy (non-hydrogen) atoms. The molecular formula is C16H18F2N2S. The molecule has 1 atom stereocenters. The lowest BCUT2D eigenvalue weighted by Crippen LogP contribution is -2.29. The van der Waals surface area contributed by atoms with E-state index in [1.54, 1.807) is 11.8 Å². The van der Waals surface area contributed by atoms with E-state index in [4.69, 9.17) is 5.84 Å². The third-order valence-corrected chi connectivity index (χ3v) is 4.05. The van der Waals surface area contributed by atoms with Crippen LogP contribution in [0.25, 0.3) is 0 Å². The summed E-state index contributed by atoms with van der Waals surface area (Å²) < 4.78 is 26.5. The largest absolute Gasteiger partial charge is 0.271 e. The van der Waals surface area contributed by atoms with Crippen molar-refractivity contribution in [3.05, 3.63) is 65.2 Å². The first-order chi connectivity index (χ1) is 10.1. The molecule has 0 aliphatic heterocycles. The van der Waals surface area contributed by atoms with Gasteiger partial charge in [-0.25, -0.2) is 8.78 Å². The summed E-state index contributed by atoms with van der Waals surface area (Å²) in [5.74, 6) is 5.45. The van der Waals surface area contributed by atoms with Crippen molar-refractivity contribution < 1.29 is 8.78 Å². The van der Waals surface area contributed by atoms with Crippen LogP contribution in [0.15, 0.2) is 47.4 Å². The van der Waals surface area contributed by atoms with E-state index in [1.807, 2.05) is 24.3 Å². The fourth-order valence-corrected chi connectivity index (χ4v) is 2.86. The van der Waals surface area contributed by atoms with Crippen molar-refractivity contribution in [3.8, 4) is 0 Å². The Morgan fingerprint density at radius 2 is 1.71 bits per heavy atom. The highest BCUT2D eigenvalue weighted by Gasteiger charge is 2.12. The Bertz CT molecular complexity index is 567. The maximum absolute atomic E-state index is 13.2. The Morgan fingerprint density at radius 3 is 2.24 bits per heavy atom. The van der Waals surface area contributed by atoms with Crippen molar-refractivity contribution in [2.45, 2.75) is 24.3 Å². The first-order valence-electron chi connectivity index (χ1n) is 6.76. The zero-order valence-corrected chi connectivity index (χ0v) is 12.6. The minimum atomic E-state index is -0.574. The predicted molar refractivity (Wildman–Crippen MR) is 83.0 cm³/mol. The Labute approximate surface area is 127 Å². The standard InChI is InChI=1S/C16H18F2N2S/c1-2-21-15-5-3-12(4-6-15)16(20-19)9-11-7-13(17)10-14(18)8-11/h3-8,10,16,20H,2,9,19H2,1H3. The van der Waals surface area contributed by atoms with E-state index in [2.05, 4.69) is 12.3 Å². The van der Waals surface area contributed by atoms with Gasteiger partial charge < -0.3 is 0 Å². The quantitative estimate of drug-likeness (QED) is 0.484. The highest BCUT2D eigenvalue weighted by molar-refractivity contribution is 7.99. The number of rotatable bonds is 6. The summed E-state index contributed by atoms with van der Waals surface area (Å²) in [6, 6.07) is 11.4. The lowest BCUT2D eigenvalue weighted by molar-refractivity contribution is 0.540. The van der Waals surface area contributed by atoms with E-state index in [-0.39, 0.29) is 6.04 Å². The second-order valence-electron chi connectivity index (χ2n) is 4.70. The molecule has 2 nitrogen and oxygen atoms in total. The second kappa shape index (κ2) is 7.54. The number of nitrogens with one attached hydrogen (secondary N) is 1. The summed E-state index contributed by atoms with van der Waals surface area (Å²) in [4.78, 5) is 1.19. The summed E-state index contributed by atoms with van der Waals surface area (Å²) in [7, 11) is 0. The summed E-state index contributed by atoms with van der Waals surface area (Å²) in [5.41, 5.74) is 4.27. The van der Waals surface area contributed by atoms with Gasteiger partial charge in [-0.2, -0.15) is 0 Å². The molecule has 3 N–H and O–H groups in total. The SMILES string of the molecule is CCSc1ccc(C(Cc2cc(F)cc(F)c2)NN)cc1. The van der Waals surface area contributed by atoms with Crippen molar-refractivity contribution in [1.29, 1.82) is 0 Å². The van der Waals surface area contributed by atoms with Gasteiger partial charge in [0.05, 0.1) is 0 Å². The van der Waals surface area contributed by atoms with Crippen LogP contribution in [-0.4, -0.2) is 5.75 Å². The molecule has 5 heteroatoms. The Kier molecular flexibility index (Phi) is 5.73. The van der Waals surface area contributed by atoms with Gasteiger partial charge in [0.1, 0.15) is 11.6 Å². The molecule has 0 spiro atoms. The van der Waals surface area contributed by atoms with Gasteiger partial charge in [-0.3, -0.25) is 11.3 Å². The summed E-state index contributed by atoms with van der Waals surface area (Å²) in [6.45, 7) is 2.10. The number of halogens is 2. The van der Waals surface area contributed by atoms with Gasteiger partial charge in [0.25, 0.3) is 0 Å². The van der Waals surface area contributed by atoms with Crippen LogP contribution in [0.5, 0.6) is 0 Å². The van der Waals surface area contributed by atoms with Crippen molar-refractivity contribution in [2.75, 3.05) is 5.75 Å². The van der Waals surface area contributed by atoms with Crippen molar-refractivity contribution in [3.63, 3.8) is 0 Å². The normalized spacial score (nSPS) is 12.4. The van der Waals surface area contributed by atoms with E-state index >= 15 is 0 Å². The molecular weight excluding hydrogens is 290 g/mol. The maximum Gasteiger partial charge on any atom is 0.126 e. The molecule has 0 heterocycles. The molecule has 112 valence electrons. The van der Waals surface area contributed by atoms with Crippen molar-refractivity contribution >= 4 is 11.8 Å². The molecule has 1 unspecified atom stereocenters. The number of nitrogens with two attached hydrogens (primary N) is 1. The van der Waals surface area contributed by atoms with Crippen LogP contribution >= 0.6 is 11.8 Å². The van der Waals surface area contributed by atoms with E-state index in [9.17, 15) is 8.78 Å². The van der Waals surface area contributed by atoms with Crippen LogP contribution in [0, 0.1) is 11.6 Å². The van der Waals surface area contributed by atoms with Gasteiger partial charge in [-0.15, -0.1) is 11.8 Å². The van der Waals surface area contributed by atoms with Gasteiger partial charge in [0.15, 0.2) is 0 Å². The fourth-order valence-electron chi connectivity index (χ4n) is 2.20. The summed E-state index contributed by atoms with van der Waals surface area (Å²) >= 11 is 1.76. The van der Waals surface area contributed by atoms with Crippen molar-refractivity contribution in [1.82, 2.24) is 5.43 Å². The third kappa shape index (κ3) is 4.52.